The third-order valence-corrected chi connectivity index (χ3v) is 3.97. The monoisotopic (exact) mass is 335 g/mol. The molecule has 0 radical (unpaired) electrons. The zero-order valence-corrected chi connectivity index (χ0v) is 12.9. The number of nitrogens with one attached hydrogen (secondary N) is 1. The first-order valence-corrected chi connectivity index (χ1v) is 7.57. The fourth-order valence-electron chi connectivity index (χ4n) is 2.48. The second-order valence-corrected chi connectivity index (χ2v) is 5.81. The minimum Gasteiger partial charge on any atom is -0.480 e. The van der Waals surface area contributed by atoms with Crippen molar-refractivity contribution in [1.82, 2.24) is 5.32 Å². The van der Waals surface area contributed by atoms with Crippen molar-refractivity contribution >= 4 is 17.5 Å². The van der Waals surface area contributed by atoms with Gasteiger partial charge in [-0.1, -0.05) is 23.7 Å². The van der Waals surface area contributed by atoms with E-state index in [1.807, 2.05) is 0 Å². The Morgan fingerprint density at radius 2 is 2.09 bits per heavy atom. The number of hydrogen-bond donors (Lipinski definition) is 2. The molecule has 2 unspecified atom stereocenters. The van der Waals surface area contributed by atoms with Gasteiger partial charge in [-0.05, 0) is 35.9 Å². The molecule has 6 heteroatoms. The predicted molar refractivity (Wildman–Crippen MR) is 83.9 cm³/mol. The first kappa shape index (κ1) is 15.8. The van der Waals surface area contributed by atoms with Crippen molar-refractivity contribution in [3.8, 4) is 5.75 Å². The van der Waals surface area contributed by atoms with Crippen LogP contribution in [0.25, 0.3) is 0 Å². The number of carbonyl (C=O) groups excluding carboxylic acids is 1. The van der Waals surface area contributed by atoms with E-state index in [9.17, 15) is 14.3 Å². The summed E-state index contributed by atoms with van der Waals surface area (Å²) < 4.78 is 18.7. The SMILES string of the molecule is O=C(NCC(O)c1ccc(Cl)cc1)C1Cc2cc(F)ccc2O1. The zero-order valence-electron chi connectivity index (χ0n) is 12.1. The van der Waals surface area contributed by atoms with Crippen molar-refractivity contribution in [3.05, 3.63) is 64.4 Å². The molecule has 1 aliphatic heterocycles. The van der Waals surface area contributed by atoms with Gasteiger partial charge in [-0.2, -0.15) is 0 Å². The molecule has 0 saturated carbocycles. The number of carbonyl (C=O) groups is 1. The van der Waals surface area contributed by atoms with Crippen LogP contribution in [-0.4, -0.2) is 23.7 Å². The zero-order chi connectivity index (χ0) is 16.4. The van der Waals surface area contributed by atoms with E-state index in [4.69, 9.17) is 16.3 Å². The van der Waals surface area contributed by atoms with Crippen LogP contribution in [0.4, 0.5) is 4.39 Å². The molecule has 2 aromatic carbocycles. The van der Waals surface area contributed by atoms with Gasteiger partial charge in [0.1, 0.15) is 11.6 Å². The Bertz CT molecular complexity index is 720. The van der Waals surface area contributed by atoms with Crippen molar-refractivity contribution in [3.63, 3.8) is 0 Å². The number of rotatable bonds is 4. The molecule has 2 N–H and O–H groups in total. The van der Waals surface area contributed by atoms with Gasteiger partial charge in [0.2, 0.25) is 0 Å². The lowest BCUT2D eigenvalue weighted by atomic mass is 10.1. The summed E-state index contributed by atoms with van der Waals surface area (Å²) in [6.45, 7) is 0.0605. The largest absolute Gasteiger partial charge is 0.480 e. The Labute approximate surface area is 137 Å². The second kappa shape index (κ2) is 6.56. The highest BCUT2D eigenvalue weighted by molar-refractivity contribution is 6.30. The van der Waals surface area contributed by atoms with Gasteiger partial charge in [-0.25, -0.2) is 4.39 Å². The van der Waals surface area contributed by atoms with Crippen molar-refractivity contribution < 1.29 is 19.0 Å². The van der Waals surface area contributed by atoms with Crippen LogP contribution in [0.15, 0.2) is 42.5 Å². The van der Waals surface area contributed by atoms with Crippen molar-refractivity contribution in [2.75, 3.05) is 6.54 Å². The summed E-state index contributed by atoms with van der Waals surface area (Å²) in [6, 6.07) is 10.9. The molecule has 2 aromatic rings. The molecule has 0 aliphatic carbocycles. The maximum absolute atomic E-state index is 13.2. The number of ether oxygens (including phenoxy) is 1. The molecule has 2 atom stereocenters. The molecule has 1 amide bonds. The first-order valence-electron chi connectivity index (χ1n) is 7.19. The van der Waals surface area contributed by atoms with E-state index in [1.54, 1.807) is 24.3 Å². The Kier molecular flexibility index (Phi) is 4.50. The molecule has 1 heterocycles. The van der Waals surface area contributed by atoms with Gasteiger partial charge >= 0.3 is 0 Å². The van der Waals surface area contributed by atoms with Crippen LogP contribution in [0.2, 0.25) is 5.02 Å². The fourth-order valence-corrected chi connectivity index (χ4v) is 2.60. The Hall–Kier alpha value is -2.11. The molecular weight excluding hydrogens is 321 g/mol. The standard InChI is InChI=1S/C17H15ClFNO3/c18-12-3-1-10(2-4-12)14(21)9-20-17(22)16-8-11-7-13(19)5-6-15(11)23-16/h1-7,14,16,21H,8-9H2,(H,20,22). The van der Waals surface area contributed by atoms with E-state index in [0.29, 0.717) is 28.3 Å². The summed E-state index contributed by atoms with van der Waals surface area (Å²) in [5, 5.41) is 13.3. The van der Waals surface area contributed by atoms with Crippen molar-refractivity contribution in [2.24, 2.45) is 0 Å². The van der Waals surface area contributed by atoms with Gasteiger partial charge in [0, 0.05) is 23.6 Å². The highest BCUT2D eigenvalue weighted by Gasteiger charge is 2.29. The van der Waals surface area contributed by atoms with E-state index >= 15 is 0 Å². The van der Waals surface area contributed by atoms with Gasteiger partial charge < -0.3 is 15.2 Å². The van der Waals surface area contributed by atoms with E-state index in [0.717, 1.165) is 0 Å². The minimum absolute atomic E-state index is 0.0605. The highest BCUT2D eigenvalue weighted by atomic mass is 35.5. The lowest BCUT2D eigenvalue weighted by molar-refractivity contribution is -0.127. The second-order valence-electron chi connectivity index (χ2n) is 5.38. The van der Waals surface area contributed by atoms with E-state index in [-0.39, 0.29) is 18.3 Å². The van der Waals surface area contributed by atoms with Gasteiger partial charge in [0.25, 0.3) is 5.91 Å². The van der Waals surface area contributed by atoms with Crippen LogP contribution in [-0.2, 0) is 11.2 Å². The molecule has 0 fully saturated rings. The van der Waals surface area contributed by atoms with Crippen LogP contribution in [0.3, 0.4) is 0 Å². The number of hydrogen-bond acceptors (Lipinski definition) is 3. The molecule has 3 rings (SSSR count). The van der Waals surface area contributed by atoms with Crippen molar-refractivity contribution in [2.45, 2.75) is 18.6 Å². The summed E-state index contributed by atoms with van der Waals surface area (Å²) in [4.78, 5) is 12.1. The van der Waals surface area contributed by atoms with Crippen LogP contribution >= 0.6 is 11.6 Å². The fraction of sp³-hybridized carbons (Fsp3) is 0.235. The molecule has 120 valence electrons. The molecule has 0 aromatic heterocycles. The average molecular weight is 336 g/mol. The van der Waals surface area contributed by atoms with E-state index in [2.05, 4.69) is 5.32 Å². The average Bonchev–Trinajstić information content (AvgIpc) is 2.96. The lowest BCUT2D eigenvalue weighted by Crippen LogP contribution is -2.39. The van der Waals surface area contributed by atoms with Crippen molar-refractivity contribution in [1.29, 1.82) is 0 Å². The van der Waals surface area contributed by atoms with Gasteiger partial charge in [0.05, 0.1) is 6.10 Å². The number of benzene rings is 2. The summed E-state index contributed by atoms with van der Waals surface area (Å²) >= 11 is 5.79. The van der Waals surface area contributed by atoms with Gasteiger partial charge in [0.15, 0.2) is 6.10 Å². The van der Waals surface area contributed by atoms with Crippen LogP contribution in [0.5, 0.6) is 5.75 Å². The third kappa shape index (κ3) is 3.63. The maximum Gasteiger partial charge on any atom is 0.261 e. The molecule has 0 spiro atoms. The predicted octanol–water partition coefficient (Wildman–Crippen LogP) is 2.63. The summed E-state index contributed by atoms with van der Waals surface area (Å²) in [5.74, 6) is -0.175. The Morgan fingerprint density at radius 3 is 2.83 bits per heavy atom. The highest BCUT2D eigenvalue weighted by Crippen LogP contribution is 2.29. The summed E-state index contributed by atoms with van der Waals surface area (Å²) in [6.07, 6.45) is -1.22. The van der Waals surface area contributed by atoms with Crippen LogP contribution < -0.4 is 10.1 Å². The molecule has 4 nitrogen and oxygen atoms in total. The third-order valence-electron chi connectivity index (χ3n) is 3.71. The number of fused-ring (bicyclic) bond motifs is 1. The normalized spacial score (nSPS) is 17.3. The van der Waals surface area contributed by atoms with Gasteiger partial charge in [-0.15, -0.1) is 0 Å². The number of aliphatic hydroxyl groups excluding tert-OH is 1. The Morgan fingerprint density at radius 1 is 1.35 bits per heavy atom. The number of halogens is 2. The molecule has 0 bridgehead atoms. The quantitative estimate of drug-likeness (QED) is 0.903. The van der Waals surface area contributed by atoms with Gasteiger partial charge in [-0.3, -0.25) is 4.79 Å². The molecular formula is C17H15ClFNO3. The minimum atomic E-state index is -0.836. The topological polar surface area (TPSA) is 58.6 Å². The smallest absolute Gasteiger partial charge is 0.261 e. The molecule has 0 saturated heterocycles. The lowest BCUT2D eigenvalue weighted by Gasteiger charge is -2.15. The van der Waals surface area contributed by atoms with Crippen LogP contribution in [0, 0.1) is 5.82 Å². The number of amides is 1. The summed E-state index contributed by atoms with van der Waals surface area (Å²) in [5.41, 5.74) is 1.33. The van der Waals surface area contributed by atoms with E-state index in [1.165, 1.54) is 18.2 Å². The van der Waals surface area contributed by atoms with Crippen LogP contribution in [0.1, 0.15) is 17.2 Å². The molecule has 1 aliphatic rings. The number of aliphatic hydroxyl groups is 1. The Balaban J connectivity index is 1.55. The molecule has 23 heavy (non-hydrogen) atoms. The summed E-state index contributed by atoms with van der Waals surface area (Å²) in [7, 11) is 0. The van der Waals surface area contributed by atoms with E-state index < -0.39 is 12.2 Å². The maximum atomic E-state index is 13.2. The first-order chi connectivity index (χ1) is 11.0.